The highest BCUT2D eigenvalue weighted by molar-refractivity contribution is 7.56. The highest BCUT2D eigenvalue weighted by Crippen LogP contribution is 2.58. The molecule has 0 fully saturated rings. The largest absolute Gasteiger partial charge is 0.369 e. The maximum Gasteiger partial charge on any atom is 0.343 e. The van der Waals surface area contributed by atoms with Gasteiger partial charge in [-0.1, -0.05) is 0 Å². The second-order valence-electron chi connectivity index (χ2n) is 5.16. The molecule has 0 aromatic carbocycles. The van der Waals surface area contributed by atoms with Crippen molar-refractivity contribution >= 4 is 27.0 Å². The van der Waals surface area contributed by atoms with Crippen LogP contribution in [0.3, 0.4) is 0 Å². The number of carbonyl (C=O) groups is 2. The summed E-state index contributed by atoms with van der Waals surface area (Å²) in [4.78, 5) is 23.6. The van der Waals surface area contributed by atoms with Gasteiger partial charge in [0.25, 0.3) is 0 Å². The first-order chi connectivity index (χ1) is 12.1. The molecule has 0 aromatic heterocycles. The Labute approximate surface area is 154 Å². The van der Waals surface area contributed by atoms with Crippen molar-refractivity contribution in [2.75, 3.05) is 26.4 Å². The van der Waals surface area contributed by atoms with Crippen LogP contribution in [0.4, 0.5) is 0 Å². The Hall–Kier alpha value is -0.760. The minimum absolute atomic E-state index is 0.0384. The molecule has 10 nitrogen and oxygen atoms in total. The zero-order valence-corrected chi connectivity index (χ0v) is 17.5. The van der Waals surface area contributed by atoms with Gasteiger partial charge in [0.15, 0.2) is 0 Å². The number of primary amides is 2. The van der Waals surface area contributed by atoms with Gasteiger partial charge < -0.3 is 29.6 Å². The predicted octanol–water partition coefficient (Wildman–Crippen LogP) is 2.01. The van der Waals surface area contributed by atoms with Crippen LogP contribution in [0.5, 0.6) is 0 Å². The van der Waals surface area contributed by atoms with E-state index in [0.29, 0.717) is 0 Å². The van der Waals surface area contributed by atoms with Crippen LogP contribution < -0.4 is 11.5 Å². The van der Waals surface area contributed by atoms with E-state index in [4.69, 9.17) is 29.6 Å². The zero-order valence-electron chi connectivity index (χ0n) is 15.7. The molecule has 0 bridgehead atoms. The van der Waals surface area contributed by atoms with Crippen molar-refractivity contribution in [1.29, 1.82) is 0 Å². The van der Waals surface area contributed by atoms with Crippen LogP contribution in [0, 0.1) is 0 Å². The van der Waals surface area contributed by atoms with Crippen LogP contribution in [-0.2, 0) is 36.8 Å². The molecule has 0 saturated heterocycles. The van der Waals surface area contributed by atoms with Crippen LogP contribution in [0.1, 0.15) is 40.5 Å². The number of hydrogen-bond donors (Lipinski definition) is 2. The quantitative estimate of drug-likeness (QED) is 0.384. The Morgan fingerprint density at radius 1 is 0.692 bits per heavy atom. The van der Waals surface area contributed by atoms with Gasteiger partial charge in [-0.3, -0.25) is 18.7 Å². The number of amides is 2. The summed E-state index contributed by atoms with van der Waals surface area (Å²) in [5.74, 6) is -1.83. The van der Waals surface area contributed by atoms with Crippen LogP contribution in [0.15, 0.2) is 0 Å². The van der Waals surface area contributed by atoms with E-state index in [1.54, 1.807) is 27.7 Å². The SMILES string of the molecule is CCOP(=O)(OCC)C(CCC(C(N)=O)P(=O)(OCC)OCC)C(N)=O. The molecule has 0 spiro atoms. The maximum absolute atomic E-state index is 12.8. The molecule has 2 amide bonds. The van der Waals surface area contributed by atoms with Crippen molar-refractivity contribution in [3.05, 3.63) is 0 Å². The number of nitrogens with two attached hydrogens (primary N) is 2. The van der Waals surface area contributed by atoms with Crippen molar-refractivity contribution in [1.82, 2.24) is 0 Å². The molecule has 2 unspecified atom stereocenters. The molecule has 26 heavy (non-hydrogen) atoms. The molecular formula is C14H30N2O8P2. The second kappa shape index (κ2) is 11.8. The zero-order chi connectivity index (χ0) is 20.4. The Bertz CT molecular complexity index is 489. The lowest BCUT2D eigenvalue weighted by molar-refractivity contribution is -0.120. The van der Waals surface area contributed by atoms with Crippen molar-refractivity contribution in [3.8, 4) is 0 Å². The summed E-state index contributed by atoms with van der Waals surface area (Å²) >= 11 is 0. The fourth-order valence-corrected chi connectivity index (χ4v) is 6.24. The summed E-state index contributed by atoms with van der Waals surface area (Å²) in [7, 11) is -7.71. The smallest absolute Gasteiger partial charge is 0.343 e. The van der Waals surface area contributed by atoms with Crippen LogP contribution in [0.25, 0.3) is 0 Å². The summed E-state index contributed by atoms with van der Waals surface area (Å²) < 4.78 is 46.3. The van der Waals surface area contributed by atoms with Gasteiger partial charge in [0, 0.05) is 0 Å². The van der Waals surface area contributed by atoms with Gasteiger partial charge in [-0.25, -0.2) is 0 Å². The van der Waals surface area contributed by atoms with E-state index in [1.165, 1.54) is 0 Å². The molecule has 2 atom stereocenters. The van der Waals surface area contributed by atoms with Gasteiger partial charge in [-0.15, -0.1) is 0 Å². The first-order valence-electron chi connectivity index (χ1n) is 8.47. The van der Waals surface area contributed by atoms with Crippen molar-refractivity contribution in [2.24, 2.45) is 11.5 Å². The van der Waals surface area contributed by atoms with Crippen LogP contribution in [0.2, 0.25) is 0 Å². The Morgan fingerprint density at radius 3 is 1.08 bits per heavy atom. The van der Waals surface area contributed by atoms with Gasteiger partial charge in [0.1, 0.15) is 11.3 Å². The molecule has 0 rings (SSSR count). The van der Waals surface area contributed by atoms with E-state index in [-0.39, 0.29) is 39.3 Å². The highest BCUT2D eigenvalue weighted by Gasteiger charge is 2.44. The van der Waals surface area contributed by atoms with E-state index in [1.807, 2.05) is 0 Å². The summed E-state index contributed by atoms with van der Waals surface area (Å²) in [6.45, 7) is 6.52. The fourth-order valence-electron chi connectivity index (χ4n) is 2.38. The van der Waals surface area contributed by atoms with Gasteiger partial charge in [0.05, 0.1) is 26.4 Å². The van der Waals surface area contributed by atoms with Crippen molar-refractivity contribution in [2.45, 2.75) is 51.9 Å². The molecule has 0 aliphatic carbocycles. The minimum Gasteiger partial charge on any atom is -0.369 e. The lowest BCUT2D eigenvalue weighted by atomic mass is 10.1. The van der Waals surface area contributed by atoms with Crippen LogP contribution >= 0.6 is 15.2 Å². The molecule has 0 heterocycles. The topological polar surface area (TPSA) is 157 Å². The average molecular weight is 416 g/mol. The summed E-state index contributed by atoms with van der Waals surface area (Å²) in [5, 5.41) is 0. The minimum atomic E-state index is -3.85. The lowest BCUT2D eigenvalue weighted by Gasteiger charge is -2.27. The maximum atomic E-state index is 12.8. The molecule has 0 aliphatic rings. The molecule has 4 N–H and O–H groups in total. The van der Waals surface area contributed by atoms with E-state index < -0.39 is 38.3 Å². The third-order valence-corrected chi connectivity index (χ3v) is 8.39. The molecule has 0 aromatic rings. The standard InChI is InChI=1S/C14H30N2O8P2/c1-5-21-25(19,22-6-2)11(13(15)17)9-10-12(14(16)18)26(20,23-7-3)24-8-4/h11-12H,5-10H2,1-4H3,(H2,15,17)(H2,16,18). The van der Waals surface area contributed by atoms with Crippen LogP contribution in [-0.4, -0.2) is 49.6 Å². The van der Waals surface area contributed by atoms with Crippen molar-refractivity contribution < 1.29 is 36.8 Å². The number of hydrogen-bond acceptors (Lipinski definition) is 8. The van der Waals surface area contributed by atoms with E-state index in [9.17, 15) is 18.7 Å². The number of carbonyl (C=O) groups excluding carboxylic acids is 2. The third kappa shape index (κ3) is 7.10. The second-order valence-corrected chi connectivity index (χ2v) is 9.60. The summed E-state index contributed by atoms with van der Waals surface area (Å²) in [5.41, 5.74) is 8.07. The predicted molar refractivity (Wildman–Crippen MR) is 96.9 cm³/mol. The normalized spacial score (nSPS) is 14.8. The monoisotopic (exact) mass is 416 g/mol. The van der Waals surface area contributed by atoms with Gasteiger partial charge in [0.2, 0.25) is 11.8 Å². The third-order valence-electron chi connectivity index (χ3n) is 3.37. The first kappa shape index (κ1) is 25.2. The summed E-state index contributed by atoms with van der Waals surface area (Å²) in [6, 6.07) is 0. The Kier molecular flexibility index (Phi) is 11.5. The van der Waals surface area contributed by atoms with Gasteiger partial charge in [-0.2, -0.15) is 0 Å². The van der Waals surface area contributed by atoms with E-state index in [0.717, 1.165) is 0 Å². The Balaban J connectivity index is 5.57. The first-order valence-corrected chi connectivity index (χ1v) is 11.7. The fraction of sp³-hybridized carbons (Fsp3) is 0.857. The van der Waals surface area contributed by atoms with Gasteiger partial charge in [-0.05, 0) is 40.5 Å². The molecular weight excluding hydrogens is 386 g/mol. The highest BCUT2D eigenvalue weighted by atomic mass is 31.2. The lowest BCUT2D eigenvalue weighted by Crippen LogP contribution is -2.35. The molecule has 154 valence electrons. The molecule has 0 saturated carbocycles. The van der Waals surface area contributed by atoms with Crippen molar-refractivity contribution in [3.63, 3.8) is 0 Å². The van der Waals surface area contributed by atoms with Gasteiger partial charge >= 0.3 is 15.2 Å². The van der Waals surface area contributed by atoms with E-state index >= 15 is 0 Å². The molecule has 12 heteroatoms. The molecule has 0 radical (unpaired) electrons. The Morgan fingerprint density at radius 2 is 0.923 bits per heavy atom. The number of rotatable bonds is 15. The average Bonchev–Trinajstić information content (AvgIpc) is 2.51. The molecule has 0 aliphatic heterocycles. The summed E-state index contributed by atoms with van der Waals surface area (Å²) in [6.07, 6.45) is -0.380. The van der Waals surface area contributed by atoms with E-state index in [2.05, 4.69) is 0 Å².